The normalized spacial score (nSPS) is 20.4. The second-order valence-electron chi connectivity index (χ2n) is 8.81. The third-order valence-corrected chi connectivity index (χ3v) is 7.99. The Hall–Kier alpha value is -2.77. The van der Waals surface area contributed by atoms with E-state index in [4.69, 9.17) is 5.73 Å². The molecule has 3 aromatic rings. The fourth-order valence-corrected chi connectivity index (χ4v) is 5.39. The number of halogens is 2. The Morgan fingerprint density at radius 1 is 1.11 bits per heavy atom. The molecule has 2 aliphatic heterocycles. The lowest BCUT2D eigenvalue weighted by Crippen LogP contribution is -2.52. The summed E-state index contributed by atoms with van der Waals surface area (Å²) in [5, 5.41) is 2.48. The van der Waals surface area contributed by atoms with Gasteiger partial charge in [0.15, 0.2) is 16.8 Å². The van der Waals surface area contributed by atoms with Crippen LogP contribution in [0, 0.1) is 11.6 Å². The summed E-state index contributed by atoms with van der Waals surface area (Å²) in [4.78, 5) is 23.0. The summed E-state index contributed by atoms with van der Waals surface area (Å²) < 4.78 is 48.8. The Balaban J connectivity index is 0.000000791. The number of rotatable bonds is 5. The highest BCUT2D eigenvalue weighted by Crippen LogP contribution is 2.28. The molecule has 2 aromatic carbocycles. The number of carbonyl (C=O) groups excluding carboxylic acids is 1. The van der Waals surface area contributed by atoms with Crippen molar-refractivity contribution in [3.05, 3.63) is 71.2 Å². The van der Waals surface area contributed by atoms with E-state index < -0.39 is 22.7 Å². The maximum Gasteiger partial charge on any atom is 0.244 e. The van der Waals surface area contributed by atoms with Crippen LogP contribution in [0.25, 0.3) is 0 Å². The molecule has 1 aromatic heterocycles. The van der Waals surface area contributed by atoms with Gasteiger partial charge in [-0.05, 0) is 66.4 Å². The monoisotopic (exact) mass is 554 g/mol. The number of anilines is 2. The third kappa shape index (κ3) is 6.57. The van der Waals surface area contributed by atoms with Gasteiger partial charge in [-0.1, -0.05) is 6.07 Å². The van der Waals surface area contributed by atoms with Crippen LogP contribution in [0.15, 0.2) is 58.9 Å². The molecule has 1 unspecified atom stereocenters. The number of hydrogen-bond donors (Lipinski definition) is 1. The van der Waals surface area contributed by atoms with Crippen molar-refractivity contribution in [1.29, 1.82) is 0 Å². The highest BCUT2D eigenvalue weighted by Gasteiger charge is 2.38. The van der Waals surface area contributed by atoms with Crippen LogP contribution >= 0.6 is 11.3 Å². The van der Waals surface area contributed by atoms with E-state index in [9.17, 15) is 22.3 Å². The first kappa shape index (κ1) is 27.3. The molecule has 204 valence electrons. The second kappa shape index (κ2) is 12.2. The molecule has 8 nitrogen and oxygen atoms in total. The Labute approximate surface area is 225 Å². The number of nitrogens with two attached hydrogens (primary N) is 1. The van der Waals surface area contributed by atoms with Gasteiger partial charge >= 0.3 is 0 Å². The van der Waals surface area contributed by atoms with Gasteiger partial charge in [0, 0.05) is 65.2 Å². The molecule has 1 amide bonds. The molecular formula is C25H34F2N5O3S2-. The van der Waals surface area contributed by atoms with Gasteiger partial charge in [-0.15, -0.1) is 11.3 Å². The van der Waals surface area contributed by atoms with Crippen molar-refractivity contribution in [3.8, 4) is 0 Å². The molecule has 5 rings (SSSR count). The zero-order valence-electron chi connectivity index (χ0n) is 20.3. The molecule has 3 heterocycles. The van der Waals surface area contributed by atoms with E-state index in [1.807, 2.05) is 12.3 Å². The zero-order valence-corrected chi connectivity index (χ0v) is 21.9. The summed E-state index contributed by atoms with van der Waals surface area (Å²) >= 11 is -0.844. The lowest BCUT2D eigenvalue weighted by atomic mass is 10.1. The molecule has 2 aliphatic rings. The summed E-state index contributed by atoms with van der Waals surface area (Å²) in [6.45, 7) is 5.46. The molecule has 0 saturated carbocycles. The average Bonchev–Trinajstić information content (AvgIpc) is 3.54. The van der Waals surface area contributed by atoms with Gasteiger partial charge in [-0.25, -0.2) is 13.8 Å². The van der Waals surface area contributed by atoms with Gasteiger partial charge in [0.1, 0.15) is 0 Å². The van der Waals surface area contributed by atoms with Gasteiger partial charge < -0.3 is 15.2 Å². The smallest absolute Gasteiger partial charge is 0.244 e. The van der Waals surface area contributed by atoms with Crippen LogP contribution in [0.2, 0.25) is 0 Å². The molecule has 2 fully saturated rings. The second-order valence-corrected chi connectivity index (χ2v) is 10.7. The molecular weight excluding hydrogens is 520 g/mol. The van der Waals surface area contributed by atoms with E-state index in [-0.39, 0.29) is 27.2 Å². The number of nitrogens with zero attached hydrogens (tertiary/aromatic N) is 4. The minimum Gasteiger partial charge on any atom is -0.768 e. The SMILES string of the molecule is C[C@@H](c1ccc(F)c(F)c1)N1CCN([C@H]2CCN(c3ccc(S(=O)[O-])cc3)C2=O)CC1.Nc1nccs1.[HH].[HH].[HH]. The standard InChI is InChI=1S/C22H25F2N3O3S.C3H4N2S.3H2/c1-15(16-2-7-19(23)20(24)14-16)25-10-12-26(13-11-25)21-8-9-27(22(21)28)17-3-5-18(6-4-17)31(29)30;4-3-5-1-2-6-3;;;/h2-7,14-15,21H,8-13H2,1H3,(H,29,30);1-2H,(H2,4,5);3*1H/p-1/t15-,21-;;;;/m0..../s1. The van der Waals surface area contributed by atoms with Crippen LogP contribution in [0.1, 0.15) is 29.2 Å². The van der Waals surface area contributed by atoms with Crippen molar-refractivity contribution in [2.45, 2.75) is 30.3 Å². The lowest BCUT2D eigenvalue weighted by molar-refractivity contribution is -0.122. The predicted molar refractivity (Wildman–Crippen MR) is 145 cm³/mol. The maximum atomic E-state index is 13.6. The summed E-state index contributed by atoms with van der Waals surface area (Å²) in [6.07, 6.45) is 2.40. The van der Waals surface area contributed by atoms with E-state index in [1.54, 1.807) is 29.3 Å². The van der Waals surface area contributed by atoms with Crippen LogP contribution < -0.4 is 10.6 Å². The number of nitrogen functional groups attached to an aromatic ring is 1. The maximum absolute atomic E-state index is 13.6. The van der Waals surface area contributed by atoms with Crippen LogP contribution in [0.3, 0.4) is 0 Å². The average molecular weight is 555 g/mol. The zero-order chi connectivity index (χ0) is 26.5. The third-order valence-electron chi connectivity index (χ3n) is 6.73. The Morgan fingerprint density at radius 2 is 1.81 bits per heavy atom. The minimum atomic E-state index is -2.29. The molecule has 3 atom stereocenters. The quantitative estimate of drug-likeness (QED) is 0.473. The largest absolute Gasteiger partial charge is 0.768 e. The van der Waals surface area contributed by atoms with Crippen molar-refractivity contribution >= 4 is 39.1 Å². The van der Waals surface area contributed by atoms with Crippen LogP contribution in [0.4, 0.5) is 19.6 Å². The first-order valence-corrected chi connectivity index (χ1v) is 13.8. The van der Waals surface area contributed by atoms with Gasteiger partial charge in [0.2, 0.25) is 5.91 Å². The molecule has 37 heavy (non-hydrogen) atoms. The van der Waals surface area contributed by atoms with Gasteiger partial charge in [0.05, 0.1) is 6.04 Å². The Kier molecular flexibility index (Phi) is 8.98. The molecule has 12 heteroatoms. The van der Waals surface area contributed by atoms with Crippen molar-refractivity contribution in [3.63, 3.8) is 0 Å². The van der Waals surface area contributed by atoms with E-state index in [1.165, 1.54) is 29.5 Å². The van der Waals surface area contributed by atoms with Crippen LogP contribution in [0.5, 0.6) is 0 Å². The number of carbonyl (C=O) groups is 1. The van der Waals surface area contributed by atoms with Crippen molar-refractivity contribution < 1.29 is 26.6 Å². The number of amides is 1. The van der Waals surface area contributed by atoms with Crippen molar-refractivity contribution in [1.82, 2.24) is 14.8 Å². The highest BCUT2D eigenvalue weighted by atomic mass is 32.2. The molecule has 0 spiro atoms. The predicted octanol–water partition coefficient (Wildman–Crippen LogP) is 4.15. The first-order chi connectivity index (χ1) is 17.7. The van der Waals surface area contributed by atoms with Gasteiger partial charge in [-0.3, -0.25) is 18.8 Å². The van der Waals surface area contributed by atoms with Crippen molar-refractivity contribution in [2.75, 3.05) is 43.4 Å². The minimum absolute atomic E-state index is 0. The van der Waals surface area contributed by atoms with E-state index in [2.05, 4.69) is 14.8 Å². The number of benzene rings is 2. The topological polar surface area (TPSA) is 106 Å². The summed E-state index contributed by atoms with van der Waals surface area (Å²) in [6, 6.07) is 10.1. The Bertz CT molecular complexity index is 1240. The van der Waals surface area contributed by atoms with Gasteiger partial charge in [-0.2, -0.15) is 0 Å². The molecule has 0 radical (unpaired) electrons. The van der Waals surface area contributed by atoms with Crippen molar-refractivity contribution in [2.24, 2.45) is 0 Å². The molecule has 0 bridgehead atoms. The van der Waals surface area contributed by atoms with Crippen LogP contribution in [-0.2, 0) is 15.9 Å². The number of hydrogen-bond acceptors (Lipinski definition) is 8. The fraction of sp³-hybridized carbons (Fsp3) is 0.360. The molecule has 2 N–H and O–H groups in total. The molecule has 2 saturated heterocycles. The van der Waals surface area contributed by atoms with E-state index in [0.717, 1.165) is 24.7 Å². The summed E-state index contributed by atoms with van der Waals surface area (Å²) in [7, 11) is 0. The first-order valence-electron chi connectivity index (χ1n) is 11.8. The fourth-order valence-electron chi connectivity index (χ4n) is 4.65. The number of aromatic nitrogens is 1. The van der Waals surface area contributed by atoms with Gasteiger partial charge in [0.25, 0.3) is 0 Å². The molecule has 0 aliphatic carbocycles. The van der Waals surface area contributed by atoms with E-state index in [0.29, 0.717) is 36.9 Å². The summed E-state index contributed by atoms with van der Waals surface area (Å²) in [5.41, 5.74) is 6.62. The number of piperazine rings is 1. The lowest BCUT2D eigenvalue weighted by Gasteiger charge is -2.40. The highest BCUT2D eigenvalue weighted by molar-refractivity contribution is 7.79. The Morgan fingerprint density at radius 3 is 2.35 bits per heavy atom. The number of thiazole rings is 1. The van der Waals surface area contributed by atoms with Crippen LogP contribution in [-0.4, -0.2) is 68.2 Å². The van der Waals surface area contributed by atoms with E-state index >= 15 is 0 Å². The summed E-state index contributed by atoms with van der Waals surface area (Å²) in [5.74, 6) is -1.66.